The van der Waals surface area contributed by atoms with E-state index in [2.05, 4.69) is 23.3 Å². The number of carbonyl (C=O) groups excluding carboxylic acids is 2. The van der Waals surface area contributed by atoms with Gasteiger partial charge in [0.1, 0.15) is 17.5 Å². The molecule has 1 atom stereocenters. The van der Waals surface area contributed by atoms with Crippen molar-refractivity contribution in [3.05, 3.63) is 77.5 Å². The highest BCUT2D eigenvalue weighted by Gasteiger charge is 2.38. The minimum atomic E-state index is -0.456. The zero-order valence-electron chi connectivity index (χ0n) is 19.3. The molecule has 3 aromatic rings. The van der Waals surface area contributed by atoms with Crippen molar-refractivity contribution >= 4 is 28.3 Å². The fourth-order valence-electron chi connectivity index (χ4n) is 4.79. The van der Waals surface area contributed by atoms with Gasteiger partial charge in [0.15, 0.2) is 0 Å². The Morgan fingerprint density at radius 3 is 2.71 bits per heavy atom. The maximum Gasteiger partial charge on any atom is 0.255 e. The summed E-state index contributed by atoms with van der Waals surface area (Å²) in [4.78, 5) is 27.0. The predicted molar refractivity (Wildman–Crippen MR) is 131 cm³/mol. The molecule has 2 aliphatic rings. The first-order chi connectivity index (χ1) is 16.5. The topological polar surface area (TPSA) is 79.9 Å². The molecule has 2 aliphatic heterocycles. The molecule has 34 heavy (non-hydrogen) atoms. The summed E-state index contributed by atoms with van der Waals surface area (Å²) in [6, 6.07) is 15.3. The van der Waals surface area contributed by atoms with Crippen molar-refractivity contribution in [1.29, 1.82) is 0 Å². The number of piperidine rings is 1. The van der Waals surface area contributed by atoms with E-state index in [1.807, 2.05) is 42.5 Å². The van der Waals surface area contributed by atoms with E-state index >= 15 is 0 Å². The van der Waals surface area contributed by atoms with Gasteiger partial charge in [-0.05, 0) is 60.2 Å². The Labute approximate surface area is 198 Å². The van der Waals surface area contributed by atoms with Crippen LogP contribution in [0.25, 0.3) is 10.8 Å². The molecule has 0 spiro atoms. The van der Waals surface area contributed by atoms with Crippen LogP contribution in [0, 0.1) is 0 Å². The number of benzene rings is 3. The zero-order chi connectivity index (χ0) is 23.8. The summed E-state index contributed by atoms with van der Waals surface area (Å²) in [5.74, 6) is 1.37. The number of hydrogen-bond donors (Lipinski definition) is 2. The third kappa shape index (κ3) is 3.83. The number of carbonyl (C=O) groups is 2. The third-order valence-corrected chi connectivity index (χ3v) is 6.58. The molecule has 1 saturated heterocycles. The van der Waals surface area contributed by atoms with E-state index in [-0.39, 0.29) is 11.8 Å². The fourth-order valence-corrected chi connectivity index (χ4v) is 4.79. The molecular weight excluding hydrogens is 430 g/mol. The molecule has 5 rings (SSSR count). The summed E-state index contributed by atoms with van der Waals surface area (Å²) in [5.41, 5.74) is 4.22. The first-order valence-corrected chi connectivity index (χ1v) is 11.3. The molecule has 2 N–H and O–H groups in total. The molecule has 1 fully saturated rings. The quantitative estimate of drug-likeness (QED) is 0.580. The molecule has 1 unspecified atom stereocenters. The second-order valence-electron chi connectivity index (χ2n) is 8.65. The van der Waals surface area contributed by atoms with Crippen molar-refractivity contribution in [2.45, 2.75) is 32.0 Å². The molecule has 7 heteroatoms. The number of anilines is 1. The van der Waals surface area contributed by atoms with E-state index < -0.39 is 6.04 Å². The summed E-state index contributed by atoms with van der Waals surface area (Å²) in [7, 11) is 3.33. The second kappa shape index (κ2) is 8.74. The Kier molecular flexibility index (Phi) is 5.61. The maximum absolute atomic E-state index is 12.9. The molecular formula is C27H27N3O4. The summed E-state index contributed by atoms with van der Waals surface area (Å²) in [6.07, 6.45) is 1.28. The number of fused-ring (bicyclic) bond motifs is 2. The normalized spacial score (nSPS) is 17.5. The summed E-state index contributed by atoms with van der Waals surface area (Å²) in [5, 5.41) is 8.29. The number of nitrogens with one attached hydrogen (secondary N) is 2. The Balaban J connectivity index is 1.33. The van der Waals surface area contributed by atoms with Crippen LogP contribution in [0.1, 0.15) is 34.3 Å². The smallest absolute Gasteiger partial charge is 0.255 e. The highest BCUT2D eigenvalue weighted by molar-refractivity contribution is 6.01. The number of hydrogen-bond acceptors (Lipinski definition) is 5. The van der Waals surface area contributed by atoms with Crippen LogP contribution in [-0.4, -0.2) is 37.0 Å². The summed E-state index contributed by atoms with van der Waals surface area (Å²) >= 11 is 0. The predicted octanol–water partition coefficient (Wildman–Crippen LogP) is 4.22. The first kappa shape index (κ1) is 21.8. The van der Waals surface area contributed by atoms with Crippen LogP contribution < -0.4 is 20.1 Å². The van der Waals surface area contributed by atoms with Crippen LogP contribution in [0.5, 0.6) is 11.5 Å². The number of allylic oxidation sites excluding steroid dienone is 1. The van der Waals surface area contributed by atoms with Crippen LogP contribution >= 0.6 is 0 Å². The Bertz CT molecular complexity index is 1320. The van der Waals surface area contributed by atoms with Gasteiger partial charge in [-0.3, -0.25) is 9.59 Å². The van der Waals surface area contributed by atoms with Crippen molar-refractivity contribution in [2.24, 2.45) is 0 Å². The lowest BCUT2D eigenvalue weighted by Crippen LogP contribution is -2.49. The number of amides is 2. The molecule has 7 nitrogen and oxygen atoms in total. The summed E-state index contributed by atoms with van der Waals surface area (Å²) < 4.78 is 11.1. The lowest BCUT2D eigenvalue weighted by atomic mass is 10.0. The van der Waals surface area contributed by atoms with E-state index in [0.29, 0.717) is 37.2 Å². The van der Waals surface area contributed by atoms with E-state index in [0.717, 1.165) is 39.1 Å². The minimum Gasteiger partial charge on any atom is -0.497 e. The molecule has 2 amide bonds. The Hall–Kier alpha value is -4.00. The van der Waals surface area contributed by atoms with Crippen molar-refractivity contribution in [1.82, 2.24) is 10.2 Å². The van der Waals surface area contributed by atoms with Gasteiger partial charge in [0.25, 0.3) is 5.91 Å². The number of nitrogens with zero attached hydrogens (tertiary/aromatic N) is 1. The molecule has 0 aliphatic carbocycles. The molecule has 0 saturated carbocycles. The molecule has 0 radical (unpaired) electrons. The van der Waals surface area contributed by atoms with Crippen molar-refractivity contribution < 1.29 is 19.1 Å². The SMILES string of the molecule is C=C1CCC(N2Cc3cc(NCc4ccc5cc(OC)ccc5c4OC)ccc3C2=O)C(=O)N1. The molecule has 2 heterocycles. The monoisotopic (exact) mass is 457 g/mol. The van der Waals surface area contributed by atoms with Crippen LogP contribution in [0.2, 0.25) is 0 Å². The third-order valence-electron chi connectivity index (χ3n) is 6.58. The van der Waals surface area contributed by atoms with Crippen LogP contribution in [0.4, 0.5) is 5.69 Å². The number of methoxy groups -OCH3 is 2. The highest BCUT2D eigenvalue weighted by atomic mass is 16.5. The van der Waals surface area contributed by atoms with Gasteiger partial charge in [0.05, 0.1) is 14.2 Å². The van der Waals surface area contributed by atoms with Gasteiger partial charge in [-0.2, -0.15) is 0 Å². The van der Waals surface area contributed by atoms with Crippen molar-refractivity contribution in [3.63, 3.8) is 0 Å². The number of ether oxygens (including phenoxy) is 2. The van der Waals surface area contributed by atoms with Crippen LogP contribution in [0.15, 0.2) is 60.8 Å². The van der Waals surface area contributed by atoms with Gasteiger partial charge in [0.2, 0.25) is 5.91 Å². The lowest BCUT2D eigenvalue weighted by Gasteiger charge is -2.30. The van der Waals surface area contributed by atoms with Gasteiger partial charge in [-0.15, -0.1) is 0 Å². The van der Waals surface area contributed by atoms with E-state index in [9.17, 15) is 9.59 Å². The van der Waals surface area contributed by atoms with Gasteiger partial charge in [-0.1, -0.05) is 18.7 Å². The average molecular weight is 458 g/mol. The zero-order valence-corrected chi connectivity index (χ0v) is 19.3. The first-order valence-electron chi connectivity index (χ1n) is 11.3. The minimum absolute atomic E-state index is 0.0964. The van der Waals surface area contributed by atoms with Crippen molar-refractivity contribution in [3.8, 4) is 11.5 Å². The Morgan fingerprint density at radius 1 is 1.09 bits per heavy atom. The van der Waals surface area contributed by atoms with Gasteiger partial charge >= 0.3 is 0 Å². The Morgan fingerprint density at radius 2 is 1.94 bits per heavy atom. The highest BCUT2D eigenvalue weighted by Crippen LogP contribution is 2.34. The van der Waals surface area contributed by atoms with E-state index in [1.54, 1.807) is 19.1 Å². The molecule has 174 valence electrons. The van der Waals surface area contributed by atoms with Gasteiger partial charge in [-0.25, -0.2) is 0 Å². The standard InChI is InChI=1S/C27H27N3O4/c1-16-4-11-24(26(31)29-16)30-15-19-12-20(7-9-23(19)27(30)32)28-14-18-6-5-17-13-21(33-2)8-10-22(17)25(18)34-3/h5-10,12-13,24,28H,1,4,11,14-15H2,2-3H3,(H,29,31). The van der Waals surface area contributed by atoms with Crippen molar-refractivity contribution in [2.75, 3.05) is 19.5 Å². The van der Waals surface area contributed by atoms with E-state index in [4.69, 9.17) is 9.47 Å². The number of rotatable bonds is 6. The lowest BCUT2D eigenvalue weighted by molar-refractivity contribution is -0.126. The molecule has 3 aromatic carbocycles. The maximum atomic E-state index is 12.9. The average Bonchev–Trinajstić information content (AvgIpc) is 3.17. The summed E-state index contributed by atoms with van der Waals surface area (Å²) in [6.45, 7) is 4.81. The fraction of sp³-hybridized carbons (Fsp3) is 0.259. The van der Waals surface area contributed by atoms with Crippen LogP contribution in [-0.2, 0) is 17.9 Å². The second-order valence-corrected chi connectivity index (χ2v) is 8.65. The van der Waals surface area contributed by atoms with E-state index in [1.165, 1.54) is 0 Å². The van der Waals surface area contributed by atoms with Gasteiger partial charge in [0, 0.05) is 41.0 Å². The largest absolute Gasteiger partial charge is 0.497 e. The molecule has 0 bridgehead atoms. The van der Waals surface area contributed by atoms with Gasteiger partial charge < -0.3 is 25.0 Å². The molecule has 0 aromatic heterocycles. The van der Waals surface area contributed by atoms with Crippen LogP contribution in [0.3, 0.4) is 0 Å².